The summed E-state index contributed by atoms with van der Waals surface area (Å²) in [6.07, 6.45) is 12.3. The highest BCUT2D eigenvalue weighted by atomic mass is 16.5. The van der Waals surface area contributed by atoms with Crippen molar-refractivity contribution in [3.8, 4) is 44.8 Å². The highest BCUT2D eigenvalue weighted by molar-refractivity contribution is 5.99. The molecule has 4 aromatic heterocycles. The Morgan fingerprint density at radius 3 is 1.34 bits per heavy atom. The van der Waals surface area contributed by atoms with Crippen LogP contribution in [-0.4, -0.2) is 179 Å². The summed E-state index contributed by atoms with van der Waals surface area (Å²) in [6.45, 7) is 21.5. The molecule has 6 fully saturated rings. The maximum Gasteiger partial charge on any atom is 0.254 e. The molecule has 16 nitrogen and oxygen atoms in total. The summed E-state index contributed by atoms with van der Waals surface area (Å²) in [5, 5.41) is 0. The number of H-pyrrole nitrogens is 2. The average molecular weight is 1100 g/mol. The number of amides is 2. The number of anilines is 2. The molecule has 16 heteroatoms. The van der Waals surface area contributed by atoms with Gasteiger partial charge in [0.2, 0.25) is 0 Å². The van der Waals surface area contributed by atoms with Crippen LogP contribution in [0.1, 0.15) is 66.9 Å². The molecule has 2 amide bonds. The lowest BCUT2D eigenvalue weighted by atomic mass is 9.77. The number of carbonyl (C=O) groups excluding carboxylic acids is 2. The van der Waals surface area contributed by atoms with Crippen LogP contribution in [0.4, 0.5) is 11.4 Å². The Labute approximate surface area is 478 Å². The van der Waals surface area contributed by atoms with Crippen molar-refractivity contribution in [2.75, 3.05) is 116 Å². The molecule has 4 aromatic carbocycles. The van der Waals surface area contributed by atoms with Crippen molar-refractivity contribution in [1.29, 1.82) is 0 Å². The van der Waals surface area contributed by atoms with Gasteiger partial charge in [0.15, 0.2) is 11.3 Å². The molecule has 12 heterocycles. The molecule has 82 heavy (non-hydrogen) atoms. The standard InChI is InChI=1S/2C33H36N6O2/c2*1-20-10-22(5-7-26(20)32(40)38-16-33(17-38)18-41-19-33)27-13-34-31-29(27)36-28(14-35-31)24-11-21(2)30-23(12-24)4-6-25-15-37(3)8-9-39(25)30/h2*5,7,10-14,25H,4,6,8-9,15-19H2,1-3H3,(H,34,35)/t2*25-/m10/s1. The lowest BCUT2D eigenvalue weighted by Gasteiger charge is -2.55. The number of rotatable bonds is 6. The second-order valence-corrected chi connectivity index (χ2v) is 25.6. The first-order valence-electron chi connectivity index (χ1n) is 29.6. The lowest BCUT2D eigenvalue weighted by molar-refractivity contribution is -0.176. The van der Waals surface area contributed by atoms with E-state index in [0.717, 1.165) is 194 Å². The van der Waals surface area contributed by atoms with E-state index in [2.05, 4.69) is 93.9 Å². The number of nitrogens with zero attached hydrogens (tertiary/aromatic N) is 10. The molecule has 2 spiro atoms. The third-order valence-electron chi connectivity index (χ3n) is 19.4. The number of aromatic amines is 2. The van der Waals surface area contributed by atoms with E-state index in [-0.39, 0.29) is 22.6 Å². The third kappa shape index (κ3) is 8.69. The van der Waals surface area contributed by atoms with Crippen molar-refractivity contribution >= 4 is 45.5 Å². The predicted molar refractivity (Wildman–Crippen MR) is 321 cm³/mol. The summed E-state index contributed by atoms with van der Waals surface area (Å²) in [5.74, 6) is 0.219. The van der Waals surface area contributed by atoms with Gasteiger partial charge in [0, 0.05) is 135 Å². The highest BCUT2D eigenvalue weighted by Crippen LogP contribution is 2.43. The van der Waals surface area contributed by atoms with E-state index in [1.165, 1.54) is 46.5 Å². The van der Waals surface area contributed by atoms with Gasteiger partial charge in [-0.2, -0.15) is 0 Å². The Kier molecular flexibility index (Phi) is 12.3. The van der Waals surface area contributed by atoms with Gasteiger partial charge in [-0.25, -0.2) is 19.9 Å². The van der Waals surface area contributed by atoms with Crippen molar-refractivity contribution in [2.24, 2.45) is 10.8 Å². The summed E-state index contributed by atoms with van der Waals surface area (Å²) >= 11 is 0. The molecular formula is C66H72N12O4. The predicted octanol–water partition coefficient (Wildman–Crippen LogP) is 8.90. The Hall–Kier alpha value is -7.50. The largest absolute Gasteiger partial charge is 0.380 e. The summed E-state index contributed by atoms with van der Waals surface area (Å²) in [5.41, 5.74) is 23.6. The zero-order valence-corrected chi connectivity index (χ0v) is 48.1. The molecule has 8 aliphatic rings. The van der Waals surface area contributed by atoms with E-state index >= 15 is 0 Å². The molecule has 8 aromatic rings. The van der Waals surface area contributed by atoms with Crippen LogP contribution in [0.5, 0.6) is 0 Å². The van der Waals surface area contributed by atoms with Crippen molar-refractivity contribution in [3.05, 3.63) is 130 Å². The van der Waals surface area contributed by atoms with Gasteiger partial charge in [0.25, 0.3) is 11.8 Å². The van der Waals surface area contributed by atoms with Gasteiger partial charge >= 0.3 is 0 Å². The number of ether oxygens (including phenoxy) is 2. The molecule has 2 atom stereocenters. The number of aryl methyl sites for hydroxylation is 6. The van der Waals surface area contributed by atoms with Gasteiger partial charge in [-0.3, -0.25) is 9.59 Å². The Balaban J connectivity index is 0.000000140. The number of benzene rings is 4. The molecule has 6 saturated heterocycles. The number of piperazine rings is 2. The molecule has 8 aliphatic heterocycles. The minimum absolute atomic E-state index is 0.109. The van der Waals surface area contributed by atoms with Gasteiger partial charge in [-0.1, -0.05) is 24.3 Å². The first kappa shape index (κ1) is 51.4. The Morgan fingerprint density at radius 2 is 0.951 bits per heavy atom. The van der Waals surface area contributed by atoms with E-state index in [0.29, 0.717) is 12.1 Å². The zero-order chi connectivity index (χ0) is 55.8. The van der Waals surface area contributed by atoms with Crippen molar-refractivity contribution in [2.45, 2.75) is 65.5 Å². The first-order chi connectivity index (χ1) is 39.7. The number of hydrogen-bond donors (Lipinski definition) is 2. The van der Waals surface area contributed by atoms with Crippen LogP contribution in [-0.2, 0) is 22.3 Å². The number of likely N-dealkylation sites (tertiary alicyclic amines) is 2. The second-order valence-electron chi connectivity index (χ2n) is 25.6. The Morgan fingerprint density at radius 1 is 0.537 bits per heavy atom. The van der Waals surface area contributed by atoms with Crippen LogP contribution in [0.15, 0.2) is 85.5 Å². The van der Waals surface area contributed by atoms with Crippen molar-refractivity contribution in [3.63, 3.8) is 0 Å². The summed E-state index contributed by atoms with van der Waals surface area (Å²) in [4.78, 5) is 66.8. The number of fused-ring (bicyclic) bond motifs is 8. The molecular weight excluding hydrogens is 1020 g/mol. The fourth-order valence-electron chi connectivity index (χ4n) is 14.9. The van der Waals surface area contributed by atoms with Crippen molar-refractivity contribution in [1.82, 2.24) is 49.5 Å². The maximum absolute atomic E-state index is 13.2. The van der Waals surface area contributed by atoms with Crippen LogP contribution in [0.2, 0.25) is 0 Å². The van der Waals surface area contributed by atoms with Crippen LogP contribution in [0.3, 0.4) is 0 Å². The van der Waals surface area contributed by atoms with E-state index in [9.17, 15) is 9.59 Å². The van der Waals surface area contributed by atoms with Gasteiger partial charge < -0.3 is 48.8 Å². The normalized spacial score (nSPS) is 21.4. The van der Waals surface area contributed by atoms with Crippen molar-refractivity contribution < 1.29 is 19.1 Å². The fourth-order valence-corrected chi connectivity index (χ4v) is 14.9. The first-order valence-corrected chi connectivity index (χ1v) is 29.6. The molecule has 0 radical (unpaired) electrons. The van der Waals surface area contributed by atoms with E-state index in [1.807, 2.05) is 72.7 Å². The van der Waals surface area contributed by atoms with Crippen LogP contribution >= 0.6 is 0 Å². The smallest absolute Gasteiger partial charge is 0.254 e. The molecule has 16 rings (SSSR count). The number of hydrogen-bond acceptors (Lipinski definition) is 12. The fraction of sp³-hybridized carbons (Fsp3) is 0.424. The molecule has 0 aliphatic carbocycles. The number of likely N-dealkylation sites (N-methyl/N-ethyl adjacent to an activating group) is 2. The summed E-state index contributed by atoms with van der Waals surface area (Å²) in [7, 11) is 4.46. The lowest BCUT2D eigenvalue weighted by Crippen LogP contribution is -2.67. The molecule has 0 bridgehead atoms. The number of carbonyl (C=O) groups is 2. The minimum Gasteiger partial charge on any atom is -0.380 e. The average Bonchev–Trinajstić information content (AvgIpc) is 3.06. The van der Waals surface area contributed by atoms with Gasteiger partial charge in [-0.15, -0.1) is 0 Å². The van der Waals surface area contributed by atoms with Gasteiger partial charge in [0.05, 0.1) is 61.0 Å². The summed E-state index contributed by atoms with van der Waals surface area (Å²) < 4.78 is 10.7. The van der Waals surface area contributed by atoms with Crippen LogP contribution < -0.4 is 9.80 Å². The zero-order valence-electron chi connectivity index (χ0n) is 48.1. The van der Waals surface area contributed by atoms with Gasteiger partial charge in [0.1, 0.15) is 11.0 Å². The highest BCUT2D eigenvalue weighted by Gasteiger charge is 2.52. The Bertz CT molecular complexity index is 3650. The molecule has 0 saturated carbocycles. The van der Waals surface area contributed by atoms with Gasteiger partial charge in [-0.05, 0) is 148 Å². The SMILES string of the molecule is Cc1cc(-c2c[nH]c3ncc(-c4cc(C)c5c(c4)CC[C@@H]4CN(C)CCN54)nc23)ccc1C(=O)N1CC2(COC2)C1.Cc1cc(-c2c[nH]c3ncc(-c4cc(C)c5c(c4)CC[C@H]4CN(C)CCN54)nc23)ccc1C(=O)N1CC2(COC2)C1. The number of aromatic nitrogens is 6. The monoisotopic (exact) mass is 1100 g/mol. The van der Waals surface area contributed by atoms with Crippen LogP contribution in [0.25, 0.3) is 67.1 Å². The van der Waals surface area contributed by atoms with E-state index < -0.39 is 0 Å². The minimum atomic E-state index is 0.109. The maximum atomic E-state index is 13.2. The molecule has 420 valence electrons. The van der Waals surface area contributed by atoms with E-state index in [4.69, 9.17) is 29.4 Å². The van der Waals surface area contributed by atoms with Crippen LogP contribution in [0, 0.1) is 38.5 Å². The molecule has 0 unspecified atom stereocenters. The topological polar surface area (TPSA) is 155 Å². The third-order valence-corrected chi connectivity index (χ3v) is 19.4. The summed E-state index contributed by atoms with van der Waals surface area (Å²) in [6, 6.07) is 22.6. The molecule has 2 N–H and O–H groups in total. The quantitative estimate of drug-likeness (QED) is 0.163. The second kappa shape index (κ2) is 19.6. The number of nitrogens with one attached hydrogen (secondary N) is 2. The van der Waals surface area contributed by atoms with E-state index in [1.54, 1.807) is 0 Å².